The molecule has 1 aliphatic heterocycles. The Morgan fingerprint density at radius 1 is 1.11 bits per heavy atom. The number of thioether (sulfide) groups is 1. The predicted molar refractivity (Wildman–Crippen MR) is 142 cm³/mol. The van der Waals surface area contributed by atoms with Crippen LogP contribution >= 0.6 is 23.4 Å². The lowest BCUT2D eigenvalue weighted by atomic mass is 10.2. The summed E-state index contributed by atoms with van der Waals surface area (Å²) in [7, 11) is 0. The minimum absolute atomic E-state index is 0.141. The highest BCUT2D eigenvalue weighted by Gasteiger charge is 2.36. The maximum Gasteiger partial charge on any atom is 0.326 e. The van der Waals surface area contributed by atoms with Gasteiger partial charge >= 0.3 is 5.97 Å². The third kappa shape index (κ3) is 8.26. The monoisotopic (exact) mass is 546 g/mol. The van der Waals surface area contributed by atoms with Gasteiger partial charge in [0, 0.05) is 10.7 Å². The average molecular weight is 547 g/mol. The number of amides is 3. The number of anilines is 1. The highest BCUT2D eigenvalue weighted by molar-refractivity contribution is 8.18. The maximum absolute atomic E-state index is 12.7. The minimum Gasteiger partial charge on any atom is -0.490 e. The lowest BCUT2D eigenvalue weighted by molar-refractivity contribution is -0.147. The number of benzene rings is 2. The van der Waals surface area contributed by atoms with E-state index in [1.807, 2.05) is 13.8 Å². The van der Waals surface area contributed by atoms with E-state index < -0.39 is 23.7 Å². The van der Waals surface area contributed by atoms with E-state index in [1.165, 1.54) is 6.08 Å². The molecule has 1 heterocycles. The van der Waals surface area contributed by atoms with Crippen molar-refractivity contribution in [2.75, 3.05) is 31.7 Å². The maximum atomic E-state index is 12.7. The molecule has 3 rings (SSSR count). The molecule has 3 amide bonds. The van der Waals surface area contributed by atoms with Gasteiger partial charge in [-0.3, -0.25) is 24.1 Å². The fraction of sp³-hybridized carbons (Fsp3) is 0.308. The molecule has 0 radical (unpaired) electrons. The van der Waals surface area contributed by atoms with E-state index >= 15 is 0 Å². The predicted octanol–water partition coefficient (Wildman–Crippen LogP) is 4.99. The quantitative estimate of drug-likeness (QED) is 0.310. The van der Waals surface area contributed by atoms with Crippen molar-refractivity contribution in [3.63, 3.8) is 0 Å². The molecule has 2 aromatic carbocycles. The van der Waals surface area contributed by atoms with Gasteiger partial charge in [-0.15, -0.1) is 0 Å². The smallest absolute Gasteiger partial charge is 0.326 e. The number of ether oxygens (including phenoxy) is 3. The van der Waals surface area contributed by atoms with Crippen molar-refractivity contribution in [3.05, 3.63) is 58.0 Å². The van der Waals surface area contributed by atoms with Crippen LogP contribution in [0, 0.1) is 5.92 Å². The van der Waals surface area contributed by atoms with Crippen LogP contribution in [0.5, 0.6) is 11.5 Å². The van der Waals surface area contributed by atoms with Crippen molar-refractivity contribution in [2.45, 2.75) is 20.8 Å². The molecule has 0 unspecified atom stereocenters. The summed E-state index contributed by atoms with van der Waals surface area (Å²) < 4.78 is 16.4. The Labute approximate surface area is 224 Å². The number of nitrogens with zero attached hydrogens (tertiary/aromatic N) is 1. The fourth-order valence-corrected chi connectivity index (χ4v) is 4.16. The molecule has 0 saturated carbocycles. The molecule has 1 aliphatic rings. The zero-order valence-electron chi connectivity index (χ0n) is 20.6. The van der Waals surface area contributed by atoms with Crippen molar-refractivity contribution in [1.82, 2.24) is 4.90 Å². The number of halogens is 1. The van der Waals surface area contributed by atoms with Crippen molar-refractivity contribution in [3.8, 4) is 11.5 Å². The first-order valence-electron chi connectivity index (χ1n) is 11.5. The van der Waals surface area contributed by atoms with E-state index in [1.54, 1.807) is 49.4 Å². The Bertz CT molecular complexity index is 1220. The molecule has 0 bridgehead atoms. The SMILES string of the molecule is CCOc1cc(/C=C2/SC(=O)N(CC(=O)OCC(C)C)C2=O)ccc1OCC(=O)Nc1cccc(Cl)c1. The third-order valence-electron chi connectivity index (χ3n) is 4.77. The average Bonchev–Trinajstić information content (AvgIpc) is 3.09. The van der Waals surface area contributed by atoms with Crippen molar-refractivity contribution >= 4 is 58.1 Å². The number of hydrogen-bond acceptors (Lipinski definition) is 8. The van der Waals surface area contributed by atoms with Gasteiger partial charge in [0.05, 0.1) is 18.1 Å². The molecule has 1 saturated heterocycles. The molecule has 37 heavy (non-hydrogen) atoms. The molecular formula is C26H27ClN2O7S. The van der Waals surface area contributed by atoms with Crippen molar-refractivity contribution in [2.24, 2.45) is 5.92 Å². The van der Waals surface area contributed by atoms with Gasteiger partial charge in [-0.2, -0.15) is 0 Å². The molecule has 0 spiro atoms. The van der Waals surface area contributed by atoms with E-state index in [0.29, 0.717) is 34.4 Å². The summed E-state index contributed by atoms with van der Waals surface area (Å²) in [5.41, 5.74) is 1.12. The zero-order valence-corrected chi connectivity index (χ0v) is 22.2. The number of nitrogens with one attached hydrogen (secondary N) is 1. The number of carbonyl (C=O) groups excluding carboxylic acids is 4. The van der Waals surface area contributed by atoms with E-state index in [0.717, 1.165) is 16.7 Å². The first kappa shape index (κ1) is 28.1. The summed E-state index contributed by atoms with van der Waals surface area (Å²) in [6.07, 6.45) is 1.53. The van der Waals surface area contributed by atoms with Gasteiger partial charge in [0.25, 0.3) is 17.1 Å². The molecule has 11 heteroatoms. The molecule has 0 atom stereocenters. The summed E-state index contributed by atoms with van der Waals surface area (Å²) in [6.45, 7) is 5.41. The van der Waals surface area contributed by atoms with Gasteiger partial charge in [0.15, 0.2) is 18.1 Å². The lowest BCUT2D eigenvalue weighted by Crippen LogP contribution is -2.34. The molecule has 0 aliphatic carbocycles. The molecule has 1 N–H and O–H groups in total. The van der Waals surface area contributed by atoms with E-state index in [2.05, 4.69) is 5.32 Å². The Morgan fingerprint density at radius 3 is 2.59 bits per heavy atom. The van der Waals surface area contributed by atoms with E-state index in [9.17, 15) is 19.2 Å². The van der Waals surface area contributed by atoms with Gasteiger partial charge in [0.1, 0.15) is 6.54 Å². The second kappa shape index (κ2) is 13.2. The van der Waals surface area contributed by atoms with Crippen LogP contribution in [-0.2, 0) is 19.1 Å². The van der Waals surface area contributed by atoms with Crippen LogP contribution < -0.4 is 14.8 Å². The third-order valence-corrected chi connectivity index (χ3v) is 5.91. The topological polar surface area (TPSA) is 111 Å². The van der Waals surface area contributed by atoms with Crippen molar-refractivity contribution in [1.29, 1.82) is 0 Å². The summed E-state index contributed by atoms with van der Waals surface area (Å²) >= 11 is 6.67. The second-order valence-electron chi connectivity index (χ2n) is 8.33. The van der Waals surface area contributed by atoms with Gasteiger partial charge in [-0.05, 0) is 66.6 Å². The number of hydrogen-bond donors (Lipinski definition) is 1. The Balaban J connectivity index is 1.66. The van der Waals surface area contributed by atoms with Crippen LogP contribution in [0.2, 0.25) is 5.02 Å². The first-order chi connectivity index (χ1) is 17.7. The Hall–Kier alpha value is -3.50. The summed E-state index contributed by atoms with van der Waals surface area (Å²) in [5, 5.41) is 2.64. The van der Waals surface area contributed by atoms with Gasteiger partial charge in [-0.25, -0.2) is 0 Å². The first-order valence-corrected chi connectivity index (χ1v) is 12.7. The van der Waals surface area contributed by atoms with E-state index in [-0.39, 0.29) is 29.9 Å². The highest BCUT2D eigenvalue weighted by atomic mass is 35.5. The highest BCUT2D eigenvalue weighted by Crippen LogP contribution is 2.34. The number of rotatable bonds is 11. The normalized spacial score (nSPS) is 14.3. The minimum atomic E-state index is -0.642. The Kier molecular flexibility index (Phi) is 9.99. The zero-order chi connectivity index (χ0) is 26.9. The summed E-state index contributed by atoms with van der Waals surface area (Å²) in [5.74, 6) is -0.759. The molecule has 196 valence electrons. The standard InChI is InChI=1S/C26H27ClN2O7S/c1-4-34-21-10-17(8-9-20(21)35-15-23(30)28-19-7-5-6-18(27)12-19)11-22-25(32)29(26(33)37-22)13-24(31)36-14-16(2)3/h5-12,16H,4,13-15H2,1-3H3,(H,28,30)/b22-11+. The van der Waals surface area contributed by atoms with Crippen LogP contribution in [0.15, 0.2) is 47.4 Å². The van der Waals surface area contributed by atoms with Gasteiger partial charge in [0.2, 0.25) is 0 Å². The van der Waals surface area contributed by atoms with Crippen LogP contribution in [0.25, 0.3) is 6.08 Å². The lowest BCUT2D eigenvalue weighted by Gasteiger charge is -2.13. The van der Waals surface area contributed by atoms with Crippen LogP contribution in [0.1, 0.15) is 26.3 Å². The van der Waals surface area contributed by atoms with Crippen LogP contribution in [-0.4, -0.2) is 54.3 Å². The van der Waals surface area contributed by atoms with Gasteiger partial charge in [-0.1, -0.05) is 37.6 Å². The number of imide groups is 1. The number of esters is 1. The summed E-state index contributed by atoms with van der Waals surface area (Å²) in [6, 6.07) is 11.7. The molecule has 9 nitrogen and oxygen atoms in total. The number of carbonyl (C=O) groups is 4. The molecule has 0 aromatic heterocycles. The summed E-state index contributed by atoms with van der Waals surface area (Å²) in [4.78, 5) is 50.3. The molecule has 2 aromatic rings. The molecular weight excluding hydrogens is 520 g/mol. The Morgan fingerprint density at radius 2 is 1.89 bits per heavy atom. The fourth-order valence-electron chi connectivity index (χ4n) is 3.13. The largest absolute Gasteiger partial charge is 0.490 e. The molecule has 1 fully saturated rings. The van der Waals surface area contributed by atoms with Crippen molar-refractivity contribution < 1.29 is 33.4 Å². The van der Waals surface area contributed by atoms with E-state index in [4.69, 9.17) is 25.8 Å². The second-order valence-corrected chi connectivity index (χ2v) is 9.76. The van der Waals surface area contributed by atoms with Crippen LogP contribution in [0.4, 0.5) is 10.5 Å². The van der Waals surface area contributed by atoms with Crippen LogP contribution in [0.3, 0.4) is 0 Å². The van der Waals surface area contributed by atoms with Gasteiger partial charge < -0.3 is 19.5 Å².